The predicted molar refractivity (Wildman–Crippen MR) is 67.9 cm³/mol. The highest BCUT2D eigenvalue weighted by Gasteiger charge is 2.15. The molecule has 0 saturated heterocycles. The third-order valence-corrected chi connectivity index (χ3v) is 3.18. The topological polar surface area (TPSA) is 20.7 Å². The molecule has 2 rings (SSSR count). The molecule has 0 bridgehead atoms. The van der Waals surface area contributed by atoms with Gasteiger partial charge in [0, 0.05) is 16.4 Å². The van der Waals surface area contributed by atoms with E-state index in [-0.39, 0.29) is 10.5 Å². The number of aromatic nitrogens is 2. The minimum atomic E-state index is -0.651. The van der Waals surface area contributed by atoms with Crippen molar-refractivity contribution in [3.63, 3.8) is 0 Å². The molecule has 0 amide bonds. The van der Waals surface area contributed by atoms with E-state index in [1.165, 1.54) is 16.7 Å². The number of hydrogen-bond donors (Lipinski definition) is 1. The monoisotopic (exact) mass is 318 g/mol. The standard InChI is InChI=1S/C11H9BrF2N2S/c1-2-7-5-15-11(17)16(7)10-8(13)3-6(12)4-9(10)14/h3-5H,2H2,1H3,(H,15,17). The fraction of sp³-hybridized carbons (Fsp3) is 0.182. The van der Waals surface area contributed by atoms with Gasteiger partial charge in [-0.05, 0) is 30.8 Å². The maximum absolute atomic E-state index is 13.8. The van der Waals surface area contributed by atoms with Crippen molar-refractivity contribution in [2.24, 2.45) is 0 Å². The highest BCUT2D eigenvalue weighted by atomic mass is 79.9. The summed E-state index contributed by atoms with van der Waals surface area (Å²) in [6, 6.07) is 2.43. The van der Waals surface area contributed by atoms with Gasteiger partial charge in [-0.15, -0.1) is 0 Å². The number of nitrogens with zero attached hydrogens (tertiary/aromatic N) is 1. The smallest absolute Gasteiger partial charge is 0.182 e. The zero-order chi connectivity index (χ0) is 12.6. The molecule has 0 atom stereocenters. The van der Waals surface area contributed by atoms with Crippen LogP contribution in [-0.4, -0.2) is 9.55 Å². The second-order valence-corrected chi connectivity index (χ2v) is 4.79. The van der Waals surface area contributed by atoms with Crippen molar-refractivity contribution in [2.45, 2.75) is 13.3 Å². The van der Waals surface area contributed by atoms with Gasteiger partial charge in [-0.1, -0.05) is 22.9 Å². The fourth-order valence-electron chi connectivity index (χ4n) is 1.66. The second kappa shape index (κ2) is 4.70. The van der Waals surface area contributed by atoms with Crippen LogP contribution in [0.3, 0.4) is 0 Å². The molecular weight excluding hydrogens is 310 g/mol. The molecule has 1 N–H and O–H groups in total. The number of imidazole rings is 1. The van der Waals surface area contributed by atoms with Gasteiger partial charge in [0.25, 0.3) is 0 Å². The van der Waals surface area contributed by atoms with E-state index in [4.69, 9.17) is 12.2 Å². The van der Waals surface area contributed by atoms with Crippen LogP contribution in [0, 0.1) is 16.4 Å². The molecule has 0 aliphatic heterocycles. The average molecular weight is 319 g/mol. The molecule has 2 aromatic rings. The number of H-pyrrole nitrogens is 1. The first-order valence-electron chi connectivity index (χ1n) is 4.98. The van der Waals surface area contributed by atoms with Crippen molar-refractivity contribution >= 4 is 28.1 Å². The Bertz CT molecular complexity index is 595. The van der Waals surface area contributed by atoms with E-state index < -0.39 is 11.6 Å². The molecule has 0 spiro atoms. The van der Waals surface area contributed by atoms with Gasteiger partial charge in [0.15, 0.2) is 16.4 Å². The van der Waals surface area contributed by atoms with E-state index in [9.17, 15) is 8.78 Å². The third-order valence-electron chi connectivity index (χ3n) is 2.42. The summed E-state index contributed by atoms with van der Waals surface area (Å²) in [7, 11) is 0. The molecule has 0 saturated carbocycles. The number of hydrogen-bond acceptors (Lipinski definition) is 1. The van der Waals surface area contributed by atoms with Crippen LogP contribution in [0.1, 0.15) is 12.6 Å². The summed E-state index contributed by atoms with van der Waals surface area (Å²) in [4.78, 5) is 2.79. The van der Waals surface area contributed by atoms with Crippen molar-refractivity contribution < 1.29 is 8.78 Å². The Morgan fingerprint density at radius 1 is 1.35 bits per heavy atom. The zero-order valence-electron chi connectivity index (χ0n) is 8.93. The maximum Gasteiger partial charge on any atom is 0.182 e. The van der Waals surface area contributed by atoms with E-state index >= 15 is 0 Å². The second-order valence-electron chi connectivity index (χ2n) is 3.49. The number of benzene rings is 1. The summed E-state index contributed by atoms with van der Waals surface area (Å²) in [6.07, 6.45) is 2.28. The summed E-state index contributed by atoms with van der Waals surface area (Å²) in [5.74, 6) is -1.30. The van der Waals surface area contributed by atoms with Crippen LogP contribution in [0.2, 0.25) is 0 Å². The lowest BCUT2D eigenvalue weighted by Crippen LogP contribution is -2.05. The maximum atomic E-state index is 13.8. The molecule has 0 aliphatic rings. The van der Waals surface area contributed by atoms with Crippen molar-refractivity contribution in [3.05, 3.63) is 44.9 Å². The Hall–Kier alpha value is -1.01. The molecule has 2 nitrogen and oxygen atoms in total. The van der Waals surface area contributed by atoms with Gasteiger partial charge in [-0.3, -0.25) is 4.57 Å². The summed E-state index contributed by atoms with van der Waals surface area (Å²) in [5, 5.41) is 0. The number of halogens is 3. The lowest BCUT2D eigenvalue weighted by molar-refractivity contribution is 0.564. The van der Waals surface area contributed by atoms with Crippen molar-refractivity contribution in [2.75, 3.05) is 0 Å². The Morgan fingerprint density at radius 2 is 1.94 bits per heavy atom. The average Bonchev–Trinajstić information content (AvgIpc) is 2.59. The number of aryl methyl sites for hydroxylation is 1. The Labute approximate surface area is 110 Å². The first-order valence-corrected chi connectivity index (χ1v) is 6.19. The number of aromatic amines is 1. The fourth-order valence-corrected chi connectivity index (χ4v) is 2.33. The molecule has 1 heterocycles. The van der Waals surface area contributed by atoms with Crippen molar-refractivity contribution in [3.8, 4) is 5.69 Å². The molecule has 17 heavy (non-hydrogen) atoms. The molecule has 6 heteroatoms. The normalized spacial score (nSPS) is 10.8. The first-order chi connectivity index (χ1) is 8.04. The summed E-state index contributed by atoms with van der Waals surface area (Å²) in [6.45, 7) is 1.89. The molecule has 0 aliphatic carbocycles. The lowest BCUT2D eigenvalue weighted by atomic mass is 10.2. The van der Waals surface area contributed by atoms with E-state index in [0.29, 0.717) is 10.9 Å². The largest absolute Gasteiger partial charge is 0.337 e. The number of rotatable bonds is 2. The highest BCUT2D eigenvalue weighted by molar-refractivity contribution is 9.10. The Kier molecular flexibility index (Phi) is 3.44. The SMILES string of the molecule is CCc1c[nH]c(=S)n1-c1c(F)cc(Br)cc1F. The summed E-state index contributed by atoms with van der Waals surface area (Å²) < 4.78 is 29.7. The molecule has 90 valence electrons. The van der Waals surface area contributed by atoms with Gasteiger partial charge in [-0.2, -0.15) is 0 Å². The van der Waals surface area contributed by atoms with E-state index in [1.807, 2.05) is 6.92 Å². The summed E-state index contributed by atoms with van der Waals surface area (Å²) in [5.41, 5.74) is 0.589. The van der Waals surface area contributed by atoms with Gasteiger partial charge in [-0.25, -0.2) is 8.78 Å². The van der Waals surface area contributed by atoms with Gasteiger partial charge in [0.05, 0.1) is 0 Å². The van der Waals surface area contributed by atoms with Gasteiger partial charge in [0.1, 0.15) is 5.69 Å². The zero-order valence-corrected chi connectivity index (χ0v) is 11.3. The van der Waals surface area contributed by atoms with Crippen LogP contribution in [0.4, 0.5) is 8.78 Å². The van der Waals surface area contributed by atoms with Crippen molar-refractivity contribution in [1.82, 2.24) is 9.55 Å². The number of nitrogens with one attached hydrogen (secondary N) is 1. The molecule has 1 aromatic carbocycles. The summed E-state index contributed by atoms with van der Waals surface area (Å²) >= 11 is 8.08. The Balaban J connectivity index is 2.77. The molecule has 0 radical (unpaired) electrons. The van der Waals surface area contributed by atoms with Crippen LogP contribution in [0.5, 0.6) is 0 Å². The minimum Gasteiger partial charge on any atom is -0.337 e. The van der Waals surface area contributed by atoms with Crippen LogP contribution >= 0.6 is 28.1 Å². The van der Waals surface area contributed by atoms with E-state index in [2.05, 4.69) is 20.9 Å². The first kappa shape index (κ1) is 12.4. The van der Waals surface area contributed by atoms with Gasteiger partial charge in [0.2, 0.25) is 0 Å². The minimum absolute atomic E-state index is 0.142. The van der Waals surface area contributed by atoms with Crippen LogP contribution < -0.4 is 0 Å². The lowest BCUT2D eigenvalue weighted by Gasteiger charge is -2.09. The predicted octanol–water partition coefficient (Wildman–Crippen LogP) is 4.14. The van der Waals surface area contributed by atoms with E-state index in [1.54, 1.807) is 6.20 Å². The van der Waals surface area contributed by atoms with Gasteiger partial charge < -0.3 is 4.98 Å². The quantitative estimate of drug-likeness (QED) is 0.825. The van der Waals surface area contributed by atoms with Crippen LogP contribution in [0.25, 0.3) is 5.69 Å². The highest BCUT2D eigenvalue weighted by Crippen LogP contribution is 2.24. The van der Waals surface area contributed by atoms with Gasteiger partial charge >= 0.3 is 0 Å². The van der Waals surface area contributed by atoms with Crippen molar-refractivity contribution in [1.29, 1.82) is 0 Å². The van der Waals surface area contributed by atoms with Crippen LogP contribution in [-0.2, 0) is 6.42 Å². The molecular formula is C11H9BrF2N2S. The molecule has 0 unspecified atom stereocenters. The van der Waals surface area contributed by atoms with E-state index in [0.717, 1.165) is 5.69 Å². The Morgan fingerprint density at radius 3 is 2.47 bits per heavy atom. The third kappa shape index (κ3) is 2.19. The molecule has 1 aromatic heterocycles. The van der Waals surface area contributed by atoms with Crippen LogP contribution in [0.15, 0.2) is 22.8 Å². The molecule has 0 fully saturated rings.